The number of thiazole rings is 1. The molecular formula is C23H23N3O3S. The second kappa shape index (κ2) is 8.75. The van der Waals surface area contributed by atoms with Gasteiger partial charge in [-0.1, -0.05) is 53.3 Å². The number of rotatable bonds is 6. The van der Waals surface area contributed by atoms with Crippen LogP contribution in [0.2, 0.25) is 0 Å². The van der Waals surface area contributed by atoms with Gasteiger partial charge in [0.25, 0.3) is 0 Å². The topological polar surface area (TPSA) is 79.4 Å². The maximum atomic E-state index is 12.8. The minimum absolute atomic E-state index is 0.0574. The molecule has 2 aromatic carbocycles. The number of nitrogens with zero attached hydrogens (tertiary/aromatic N) is 2. The molecule has 1 aliphatic heterocycles. The first-order chi connectivity index (χ1) is 14.5. The Hall–Kier alpha value is -3.06. The van der Waals surface area contributed by atoms with Gasteiger partial charge in [0.05, 0.1) is 10.2 Å². The van der Waals surface area contributed by atoms with Crippen LogP contribution in [0.25, 0.3) is 10.2 Å². The van der Waals surface area contributed by atoms with Crippen molar-refractivity contribution < 1.29 is 14.4 Å². The minimum Gasteiger partial charge on any atom is -0.331 e. The SMILES string of the molecule is Cc1ccc(C(=O)CCC(=O)N2CCCC2C(=O)Nc2nc3ccccc3s2)cc1. The molecular weight excluding hydrogens is 398 g/mol. The lowest BCUT2D eigenvalue weighted by molar-refractivity contribution is -0.136. The van der Waals surface area contributed by atoms with Crippen LogP contribution in [0.5, 0.6) is 0 Å². The van der Waals surface area contributed by atoms with Crippen molar-refractivity contribution in [3.63, 3.8) is 0 Å². The average molecular weight is 422 g/mol. The summed E-state index contributed by atoms with van der Waals surface area (Å²) in [6, 6.07) is 14.5. The summed E-state index contributed by atoms with van der Waals surface area (Å²) in [4.78, 5) is 43.9. The van der Waals surface area contributed by atoms with E-state index in [1.54, 1.807) is 17.0 Å². The van der Waals surface area contributed by atoms with Crippen LogP contribution in [0.15, 0.2) is 48.5 Å². The smallest absolute Gasteiger partial charge is 0.248 e. The Morgan fingerprint density at radius 3 is 2.63 bits per heavy atom. The Bertz CT molecular complexity index is 1060. The van der Waals surface area contributed by atoms with E-state index in [2.05, 4.69) is 10.3 Å². The Labute approximate surface area is 178 Å². The second-order valence-electron chi connectivity index (χ2n) is 7.51. The molecule has 154 valence electrons. The minimum atomic E-state index is -0.515. The third-order valence-corrected chi connectivity index (χ3v) is 6.29. The molecule has 0 spiro atoms. The second-order valence-corrected chi connectivity index (χ2v) is 8.54. The summed E-state index contributed by atoms with van der Waals surface area (Å²) in [7, 11) is 0. The summed E-state index contributed by atoms with van der Waals surface area (Å²) in [6.45, 7) is 2.50. The summed E-state index contributed by atoms with van der Waals surface area (Å²) in [5.41, 5.74) is 2.54. The van der Waals surface area contributed by atoms with Crippen LogP contribution in [0.1, 0.15) is 41.6 Å². The van der Waals surface area contributed by atoms with Crippen LogP contribution >= 0.6 is 11.3 Å². The highest BCUT2D eigenvalue weighted by Gasteiger charge is 2.34. The molecule has 4 rings (SSSR count). The number of aryl methyl sites for hydroxylation is 1. The van der Waals surface area contributed by atoms with E-state index in [1.807, 2.05) is 43.3 Å². The lowest BCUT2D eigenvalue weighted by atomic mass is 10.0. The fourth-order valence-corrected chi connectivity index (χ4v) is 4.57. The van der Waals surface area contributed by atoms with Crippen molar-refractivity contribution in [2.24, 2.45) is 0 Å². The first-order valence-electron chi connectivity index (χ1n) is 10.1. The normalized spacial score (nSPS) is 16.0. The van der Waals surface area contributed by atoms with E-state index in [4.69, 9.17) is 0 Å². The van der Waals surface area contributed by atoms with Crippen LogP contribution in [-0.4, -0.2) is 40.1 Å². The fraction of sp³-hybridized carbons (Fsp3) is 0.304. The van der Waals surface area contributed by atoms with Crippen molar-refractivity contribution in [2.75, 3.05) is 11.9 Å². The molecule has 1 aliphatic rings. The van der Waals surface area contributed by atoms with Crippen LogP contribution in [0.4, 0.5) is 5.13 Å². The van der Waals surface area contributed by atoms with E-state index in [9.17, 15) is 14.4 Å². The van der Waals surface area contributed by atoms with Gasteiger partial charge in [0.2, 0.25) is 11.8 Å². The third kappa shape index (κ3) is 4.41. The van der Waals surface area contributed by atoms with Crippen LogP contribution in [0, 0.1) is 6.92 Å². The van der Waals surface area contributed by atoms with Gasteiger partial charge in [-0.2, -0.15) is 0 Å². The first kappa shape index (κ1) is 20.2. The molecule has 2 amide bonds. The van der Waals surface area contributed by atoms with E-state index in [-0.39, 0.29) is 30.4 Å². The van der Waals surface area contributed by atoms with Crippen LogP contribution in [-0.2, 0) is 9.59 Å². The molecule has 0 aliphatic carbocycles. The number of Topliss-reactive ketones (excluding diaryl/α,β-unsaturated/α-hetero) is 1. The van der Waals surface area contributed by atoms with Gasteiger partial charge in [-0.25, -0.2) is 4.98 Å². The van der Waals surface area contributed by atoms with E-state index in [0.29, 0.717) is 23.7 Å². The lowest BCUT2D eigenvalue weighted by Crippen LogP contribution is -2.43. The number of amides is 2. The number of aromatic nitrogens is 1. The maximum Gasteiger partial charge on any atom is 0.248 e. The van der Waals surface area contributed by atoms with Gasteiger partial charge in [-0.3, -0.25) is 14.4 Å². The molecule has 0 bridgehead atoms. The average Bonchev–Trinajstić information content (AvgIpc) is 3.39. The van der Waals surface area contributed by atoms with Crippen molar-refractivity contribution >= 4 is 44.3 Å². The van der Waals surface area contributed by atoms with Gasteiger partial charge < -0.3 is 10.2 Å². The van der Waals surface area contributed by atoms with Gasteiger partial charge in [-0.15, -0.1) is 0 Å². The highest BCUT2D eigenvalue weighted by Crippen LogP contribution is 2.27. The number of ketones is 1. The van der Waals surface area contributed by atoms with Crippen molar-refractivity contribution in [1.29, 1.82) is 0 Å². The van der Waals surface area contributed by atoms with Crippen molar-refractivity contribution in [3.05, 3.63) is 59.7 Å². The molecule has 1 fully saturated rings. The number of benzene rings is 2. The number of fused-ring (bicyclic) bond motifs is 1. The molecule has 1 atom stereocenters. The fourth-order valence-electron chi connectivity index (χ4n) is 3.70. The van der Waals surface area contributed by atoms with Crippen LogP contribution < -0.4 is 5.32 Å². The number of para-hydroxylation sites is 1. The maximum absolute atomic E-state index is 12.8. The lowest BCUT2D eigenvalue weighted by Gasteiger charge is -2.23. The van der Waals surface area contributed by atoms with Crippen molar-refractivity contribution in [3.8, 4) is 0 Å². The molecule has 1 N–H and O–H groups in total. The summed E-state index contributed by atoms with van der Waals surface area (Å²) >= 11 is 1.42. The number of carbonyl (C=O) groups excluding carboxylic acids is 3. The number of likely N-dealkylation sites (tertiary alicyclic amines) is 1. The third-order valence-electron chi connectivity index (χ3n) is 5.34. The molecule has 7 heteroatoms. The summed E-state index contributed by atoms with van der Waals surface area (Å²) in [5.74, 6) is -0.430. The monoisotopic (exact) mass is 421 g/mol. The van der Waals surface area contributed by atoms with Gasteiger partial charge in [-0.05, 0) is 31.9 Å². The quantitative estimate of drug-likeness (QED) is 0.605. The molecule has 30 heavy (non-hydrogen) atoms. The Balaban J connectivity index is 1.36. The Morgan fingerprint density at radius 1 is 1.10 bits per heavy atom. The van der Waals surface area contributed by atoms with Gasteiger partial charge in [0, 0.05) is 24.9 Å². The number of nitrogens with one attached hydrogen (secondary N) is 1. The van der Waals surface area contributed by atoms with Crippen molar-refractivity contribution in [1.82, 2.24) is 9.88 Å². The highest BCUT2D eigenvalue weighted by molar-refractivity contribution is 7.22. The highest BCUT2D eigenvalue weighted by atomic mass is 32.1. The number of hydrogen-bond acceptors (Lipinski definition) is 5. The molecule has 6 nitrogen and oxygen atoms in total. The zero-order chi connectivity index (χ0) is 21.1. The van der Waals surface area contributed by atoms with E-state index >= 15 is 0 Å². The molecule has 1 aromatic heterocycles. The molecule has 0 saturated carbocycles. The summed E-state index contributed by atoms with van der Waals surface area (Å²) in [6.07, 6.45) is 1.65. The predicted molar refractivity (Wildman–Crippen MR) is 118 cm³/mol. The molecule has 0 radical (unpaired) electrons. The standard InChI is InChI=1S/C23H23N3O3S/c1-15-8-10-16(11-9-15)19(27)12-13-21(28)26-14-4-6-18(26)22(29)25-23-24-17-5-2-3-7-20(17)30-23/h2-3,5,7-11,18H,4,6,12-14H2,1H3,(H,24,25,29). The Kier molecular flexibility index (Phi) is 5.90. The van der Waals surface area contributed by atoms with Gasteiger partial charge >= 0.3 is 0 Å². The molecule has 2 heterocycles. The molecule has 1 saturated heterocycles. The van der Waals surface area contributed by atoms with E-state index in [1.165, 1.54) is 11.3 Å². The van der Waals surface area contributed by atoms with Crippen molar-refractivity contribution in [2.45, 2.75) is 38.6 Å². The molecule has 3 aromatic rings. The number of hydrogen-bond donors (Lipinski definition) is 1. The predicted octanol–water partition coefficient (Wildman–Crippen LogP) is 4.20. The zero-order valence-electron chi connectivity index (χ0n) is 16.8. The van der Waals surface area contributed by atoms with E-state index in [0.717, 1.165) is 22.2 Å². The summed E-state index contributed by atoms with van der Waals surface area (Å²) < 4.78 is 1.00. The van der Waals surface area contributed by atoms with E-state index < -0.39 is 6.04 Å². The number of carbonyl (C=O) groups is 3. The Morgan fingerprint density at radius 2 is 1.87 bits per heavy atom. The largest absolute Gasteiger partial charge is 0.331 e. The first-order valence-corrected chi connectivity index (χ1v) is 10.9. The zero-order valence-corrected chi connectivity index (χ0v) is 17.6. The van der Waals surface area contributed by atoms with Gasteiger partial charge in [0.15, 0.2) is 10.9 Å². The van der Waals surface area contributed by atoms with Gasteiger partial charge in [0.1, 0.15) is 6.04 Å². The summed E-state index contributed by atoms with van der Waals surface area (Å²) in [5, 5.41) is 3.40. The van der Waals surface area contributed by atoms with Crippen LogP contribution in [0.3, 0.4) is 0 Å². The number of anilines is 1. The molecule has 1 unspecified atom stereocenters.